The minimum Gasteiger partial charge on any atom is -0.465 e. The first kappa shape index (κ1) is 19.8. The van der Waals surface area contributed by atoms with Gasteiger partial charge in [-0.25, -0.2) is 0 Å². The van der Waals surface area contributed by atoms with E-state index < -0.39 is 0 Å². The van der Waals surface area contributed by atoms with Crippen molar-refractivity contribution >= 4 is 11.6 Å². The molecule has 0 N–H and O–H groups in total. The standard InChI is InChI=1S/C23H27NO2/c1-3-5-7-12-23(25-4-2)26-22-15-13-20(14-16-22)21(18-24)17-19-10-8-6-9-11-19/h6,8-11,13-17,23H,3-5,7,12H2,1-2H3/b21-17+. The molecule has 0 saturated carbocycles. The summed E-state index contributed by atoms with van der Waals surface area (Å²) in [7, 11) is 0. The molecule has 136 valence electrons. The lowest BCUT2D eigenvalue weighted by molar-refractivity contribution is -0.0807. The highest BCUT2D eigenvalue weighted by Gasteiger charge is 2.10. The summed E-state index contributed by atoms with van der Waals surface area (Å²) in [5.41, 5.74) is 2.52. The van der Waals surface area contributed by atoms with Crippen molar-refractivity contribution in [2.75, 3.05) is 6.61 Å². The molecule has 0 saturated heterocycles. The summed E-state index contributed by atoms with van der Waals surface area (Å²) >= 11 is 0. The van der Waals surface area contributed by atoms with Crippen molar-refractivity contribution in [3.05, 3.63) is 65.7 Å². The lowest BCUT2D eigenvalue weighted by Gasteiger charge is -2.19. The Morgan fingerprint density at radius 1 is 1.04 bits per heavy atom. The molecule has 0 aliphatic carbocycles. The van der Waals surface area contributed by atoms with E-state index >= 15 is 0 Å². The van der Waals surface area contributed by atoms with Crippen molar-refractivity contribution in [1.82, 2.24) is 0 Å². The van der Waals surface area contributed by atoms with E-state index in [1.54, 1.807) is 0 Å². The highest BCUT2D eigenvalue weighted by Crippen LogP contribution is 2.22. The molecule has 0 amide bonds. The predicted molar refractivity (Wildman–Crippen MR) is 107 cm³/mol. The maximum atomic E-state index is 9.48. The highest BCUT2D eigenvalue weighted by molar-refractivity contribution is 5.89. The number of nitriles is 1. The average Bonchev–Trinajstić information content (AvgIpc) is 2.68. The van der Waals surface area contributed by atoms with E-state index in [2.05, 4.69) is 13.0 Å². The Balaban J connectivity index is 2.06. The zero-order valence-corrected chi connectivity index (χ0v) is 15.7. The first-order valence-corrected chi connectivity index (χ1v) is 9.32. The zero-order chi connectivity index (χ0) is 18.6. The summed E-state index contributed by atoms with van der Waals surface area (Å²) in [6.45, 7) is 4.80. The largest absolute Gasteiger partial charge is 0.465 e. The Kier molecular flexibility index (Phi) is 8.45. The van der Waals surface area contributed by atoms with Gasteiger partial charge in [0.15, 0.2) is 6.29 Å². The number of rotatable bonds is 10. The van der Waals surface area contributed by atoms with Crippen LogP contribution < -0.4 is 4.74 Å². The minimum absolute atomic E-state index is 0.215. The van der Waals surface area contributed by atoms with Gasteiger partial charge in [-0.1, -0.05) is 50.1 Å². The molecule has 26 heavy (non-hydrogen) atoms. The van der Waals surface area contributed by atoms with E-state index in [-0.39, 0.29) is 6.29 Å². The maximum absolute atomic E-state index is 9.48. The monoisotopic (exact) mass is 349 g/mol. The van der Waals surface area contributed by atoms with Crippen molar-refractivity contribution in [2.24, 2.45) is 0 Å². The topological polar surface area (TPSA) is 42.2 Å². The van der Waals surface area contributed by atoms with Gasteiger partial charge in [0.25, 0.3) is 0 Å². The first-order valence-electron chi connectivity index (χ1n) is 9.32. The third kappa shape index (κ3) is 6.38. The molecule has 3 nitrogen and oxygen atoms in total. The smallest absolute Gasteiger partial charge is 0.199 e. The van der Waals surface area contributed by atoms with Crippen LogP contribution >= 0.6 is 0 Å². The molecular formula is C23H27NO2. The Labute approximate surface area is 156 Å². The van der Waals surface area contributed by atoms with E-state index in [1.165, 1.54) is 12.8 Å². The zero-order valence-electron chi connectivity index (χ0n) is 15.7. The quantitative estimate of drug-likeness (QED) is 0.226. The number of allylic oxidation sites excluding steroid dienone is 1. The summed E-state index contributed by atoms with van der Waals surface area (Å²) in [6.07, 6.45) is 6.02. The van der Waals surface area contributed by atoms with Gasteiger partial charge >= 0.3 is 0 Å². The molecule has 2 aromatic carbocycles. The van der Waals surface area contributed by atoms with Crippen LogP contribution in [0.2, 0.25) is 0 Å². The SMILES string of the molecule is CCCCCC(OCC)Oc1ccc(/C(C#N)=C/c2ccccc2)cc1. The molecule has 0 bridgehead atoms. The molecule has 2 rings (SSSR count). The van der Waals surface area contributed by atoms with E-state index in [0.29, 0.717) is 12.2 Å². The molecule has 0 aromatic heterocycles. The molecule has 0 heterocycles. The van der Waals surface area contributed by atoms with Crippen molar-refractivity contribution in [3.63, 3.8) is 0 Å². The molecule has 0 aliphatic heterocycles. The van der Waals surface area contributed by atoms with Gasteiger partial charge in [0.1, 0.15) is 5.75 Å². The fraction of sp³-hybridized carbons (Fsp3) is 0.348. The Hall–Kier alpha value is -2.57. The number of benzene rings is 2. The molecule has 1 unspecified atom stereocenters. The lowest BCUT2D eigenvalue weighted by atomic mass is 10.0. The number of hydrogen-bond donors (Lipinski definition) is 0. The van der Waals surface area contributed by atoms with Crippen molar-refractivity contribution in [2.45, 2.75) is 45.8 Å². The molecule has 0 spiro atoms. The number of ether oxygens (including phenoxy) is 2. The average molecular weight is 349 g/mol. The molecule has 2 aromatic rings. The van der Waals surface area contributed by atoms with Crippen LogP contribution in [0, 0.1) is 11.3 Å². The van der Waals surface area contributed by atoms with Crippen molar-refractivity contribution in [3.8, 4) is 11.8 Å². The summed E-state index contributed by atoms with van der Waals surface area (Å²) < 4.78 is 11.6. The van der Waals surface area contributed by atoms with Crippen LogP contribution in [0.3, 0.4) is 0 Å². The number of hydrogen-bond acceptors (Lipinski definition) is 3. The number of unbranched alkanes of at least 4 members (excludes halogenated alkanes) is 2. The third-order valence-corrected chi connectivity index (χ3v) is 4.06. The fourth-order valence-electron chi connectivity index (χ4n) is 2.68. The van der Waals surface area contributed by atoms with E-state index in [4.69, 9.17) is 9.47 Å². The van der Waals surface area contributed by atoms with Gasteiger partial charge in [-0.3, -0.25) is 0 Å². The first-order chi connectivity index (χ1) is 12.8. The van der Waals surface area contributed by atoms with E-state index in [1.807, 2.05) is 67.6 Å². The summed E-state index contributed by atoms with van der Waals surface area (Å²) in [6, 6.07) is 19.8. The molecule has 0 radical (unpaired) electrons. The van der Waals surface area contributed by atoms with Crippen molar-refractivity contribution in [1.29, 1.82) is 5.26 Å². The van der Waals surface area contributed by atoms with Crippen LogP contribution in [-0.2, 0) is 4.74 Å². The van der Waals surface area contributed by atoms with E-state index in [9.17, 15) is 5.26 Å². The van der Waals surface area contributed by atoms with Gasteiger partial charge in [0.2, 0.25) is 0 Å². The molecule has 0 fully saturated rings. The Morgan fingerprint density at radius 2 is 1.77 bits per heavy atom. The van der Waals surface area contributed by atoms with Crippen LogP contribution in [0.25, 0.3) is 11.6 Å². The van der Waals surface area contributed by atoms with Gasteiger partial charge in [0.05, 0.1) is 11.6 Å². The Bertz CT molecular complexity index is 714. The summed E-state index contributed by atoms with van der Waals surface area (Å²) in [5.74, 6) is 0.765. The van der Waals surface area contributed by atoms with Crippen LogP contribution in [0.15, 0.2) is 54.6 Å². The van der Waals surface area contributed by atoms with Gasteiger partial charge in [-0.05, 0) is 54.8 Å². The summed E-state index contributed by atoms with van der Waals surface area (Å²) in [4.78, 5) is 0. The van der Waals surface area contributed by atoms with Crippen LogP contribution in [0.5, 0.6) is 5.75 Å². The van der Waals surface area contributed by atoms with Gasteiger partial charge < -0.3 is 9.47 Å². The van der Waals surface area contributed by atoms with Gasteiger partial charge in [0, 0.05) is 13.0 Å². The second-order valence-corrected chi connectivity index (χ2v) is 6.10. The fourth-order valence-corrected chi connectivity index (χ4v) is 2.68. The van der Waals surface area contributed by atoms with Gasteiger partial charge in [-0.2, -0.15) is 5.26 Å². The Morgan fingerprint density at radius 3 is 2.38 bits per heavy atom. The van der Waals surface area contributed by atoms with Crippen LogP contribution in [0.1, 0.15) is 50.7 Å². The second kappa shape index (κ2) is 11.1. The number of nitrogens with zero attached hydrogens (tertiary/aromatic N) is 1. The van der Waals surface area contributed by atoms with Crippen LogP contribution in [0.4, 0.5) is 0 Å². The third-order valence-electron chi connectivity index (χ3n) is 4.06. The van der Waals surface area contributed by atoms with Gasteiger partial charge in [-0.15, -0.1) is 0 Å². The summed E-state index contributed by atoms with van der Waals surface area (Å²) in [5, 5.41) is 9.48. The van der Waals surface area contributed by atoms with Crippen molar-refractivity contribution < 1.29 is 9.47 Å². The molecule has 3 heteroatoms. The highest BCUT2D eigenvalue weighted by atomic mass is 16.7. The second-order valence-electron chi connectivity index (χ2n) is 6.10. The molecule has 1 atom stereocenters. The predicted octanol–water partition coefficient (Wildman–Crippen LogP) is 6.07. The minimum atomic E-state index is -0.215. The normalized spacial score (nSPS) is 12.4. The molecular weight excluding hydrogens is 322 g/mol. The van der Waals surface area contributed by atoms with E-state index in [0.717, 1.165) is 29.7 Å². The lowest BCUT2D eigenvalue weighted by Crippen LogP contribution is -2.20. The maximum Gasteiger partial charge on any atom is 0.199 e. The molecule has 0 aliphatic rings. The van der Waals surface area contributed by atoms with Crippen LogP contribution in [-0.4, -0.2) is 12.9 Å².